The van der Waals surface area contributed by atoms with E-state index in [4.69, 9.17) is 9.26 Å². The highest BCUT2D eigenvalue weighted by molar-refractivity contribution is 5.96. The molecule has 6 nitrogen and oxygen atoms in total. The van der Waals surface area contributed by atoms with E-state index in [0.717, 1.165) is 11.1 Å². The Morgan fingerprint density at radius 3 is 2.62 bits per heavy atom. The van der Waals surface area contributed by atoms with Crippen LogP contribution in [0, 0.1) is 6.92 Å². The van der Waals surface area contributed by atoms with E-state index < -0.39 is 0 Å². The van der Waals surface area contributed by atoms with Gasteiger partial charge in [-0.2, -0.15) is 4.98 Å². The van der Waals surface area contributed by atoms with Gasteiger partial charge in [0.15, 0.2) is 0 Å². The number of aryl methyl sites for hydroxylation is 1. The second kappa shape index (κ2) is 7.82. The zero-order chi connectivity index (χ0) is 18.5. The van der Waals surface area contributed by atoms with Gasteiger partial charge in [-0.15, -0.1) is 0 Å². The Hall–Kier alpha value is -3.15. The molecule has 1 aromatic heterocycles. The fraction of sp³-hybridized carbons (Fsp3) is 0.250. The molecule has 0 radical (unpaired) electrons. The molecule has 0 saturated carbocycles. The lowest BCUT2D eigenvalue weighted by atomic mass is 10.1. The minimum atomic E-state index is -0.253. The Labute approximate surface area is 152 Å². The molecule has 3 rings (SSSR count). The molecule has 0 unspecified atom stereocenters. The number of carbonyl (C=O) groups is 1. The molecule has 26 heavy (non-hydrogen) atoms. The highest BCUT2D eigenvalue weighted by atomic mass is 16.5. The van der Waals surface area contributed by atoms with Crippen molar-refractivity contribution in [1.82, 2.24) is 15.5 Å². The summed E-state index contributed by atoms with van der Waals surface area (Å²) in [5.74, 6) is 1.14. The SMILES string of the molecule is Cc1ccc(-c2noc(CNC(=O)c3ccccc3OC(C)C)n2)cc1. The van der Waals surface area contributed by atoms with Crippen LogP contribution in [0.4, 0.5) is 0 Å². The van der Waals surface area contributed by atoms with E-state index >= 15 is 0 Å². The maximum absolute atomic E-state index is 12.5. The first-order chi connectivity index (χ1) is 12.5. The number of carbonyl (C=O) groups excluding carboxylic acids is 1. The Morgan fingerprint density at radius 1 is 1.15 bits per heavy atom. The quantitative estimate of drug-likeness (QED) is 0.731. The second-order valence-corrected chi connectivity index (χ2v) is 6.22. The summed E-state index contributed by atoms with van der Waals surface area (Å²) < 4.78 is 10.9. The molecule has 0 fully saturated rings. The van der Waals surface area contributed by atoms with Gasteiger partial charge < -0.3 is 14.6 Å². The van der Waals surface area contributed by atoms with Crippen molar-refractivity contribution >= 4 is 5.91 Å². The molecule has 0 atom stereocenters. The van der Waals surface area contributed by atoms with E-state index in [1.54, 1.807) is 18.2 Å². The van der Waals surface area contributed by atoms with E-state index in [1.807, 2.05) is 51.1 Å². The van der Waals surface area contributed by atoms with E-state index in [9.17, 15) is 4.79 Å². The number of hydrogen-bond donors (Lipinski definition) is 1. The first-order valence-corrected chi connectivity index (χ1v) is 8.46. The van der Waals surface area contributed by atoms with Crippen LogP contribution in [0.1, 0.15) is 35.7 Å². The minimum absolute atomic E-state index is 0.0167. The Balaban J connectivity index is 1.66. The molecule has 134 valence electrons. The molecule has 0 aliphatic rings. The standard InChI is InChI=1S/C20H21N3O3/c1-13(2)25-17-7-5-4-6-16(17)20(24)21-12-18-22-19(23-26-18)15-10-8-14(3)9-11-15/h4-11,13H,12H2,1-3H3,(H,21,24). The number of hydrogen-bond acceptors (Lipinski definition) is 5. The third-order valence-electron chi connectivity index (χ3n) is 3.67. The minimum Gasteiger partial charge on any atom is -0.490 e. The molecular formula is C20H21N3O3. The maximum atomic E-state index is 12.5. The van der Waals surface area contributed by atoms with Crippen LogP contribution >= 0.6 is 0 Å². The Morgan fingerprint density at radius 2 is 1.88 bits per heavy atom. The summed E-state index contributed by atoms with van der Waals surface area (Å²) in [6.45, 7) is 6.00. The third-order valence-corrected chi connectivity index (χ3v) is 3.67. The number of amides is 1. The van der Waals surface area contributed by atoms with Crippen molar-refractivity contribution in [3.63, 3.8) is 0 Å². The summed E-state index contributed by atoms with van der Waals surface area (Å²) in [4.78, 5) is 16.8. The molecule has 1 N–H and O–H groups in total. The Kier molecular flexibility index (Phi) is 5.31. The van der Waals surface area contributed by atoms with Crippen molar-refractivity contribution in [2.75, 3.05) is 0 Å². The largest absolute Gasteiger partial charge is 0.490 e. The van der Waals surface area contributed by atoms with Crippen LogP contribution < -0.4 is 10.1 Å². The number of ether oxygens (including phenoxy) is 1. The van der Waals surface area contributed by atoms with Crippen molar-refractivity contribution < 1.29 is 14.1 Å². The predicted molar refractivity (Wildman–Crippen MR) is 97.8 cm³/mol. The van der Waals surface area contributed by atoms with Gasteiger partial charge in [0.25, 0.3) is 5.91 Å². The fourth-order valence-corrected chi connectivity index (χ4v) is 2.41. The monoisotopic (exact) mass is 351 g/mol. The van der Waals surface area contributed by atoms with Gasteiger partial charge in [-0.25, -0.2) is 0 Å². The molecule has 6 heteroatoms. The smallest absolute Gasteiger partial charge is 0.255 e. The summed E-state index contributed by atoms with van der Waals surface area (Å²) in [6, 6.07) is 15.0. The predicted octanol–water partition coefficient (Wildman–Crippen LogP) is 3.76. The molecule has 0 spiro atoms. The zero-order valence-electron chi connectivity index (χ0n) is 15.0. The van der Waals surface area contributed by atoms with Crippen LogP contribution in [-0.4, -0.2) is 22.2 Å². The average molecular weight is 351 g/mol. The summed E-state index contributed by atoms with van der Waals surface area (Å²) in [5, 5.41) is 6.75. The first kappa shape index (κ1) is 17.7. The normalized spacial score (nSPS) is 10.8. The van der Waals surface area contributed by atoms with Gasteiger partial charge in [0, 0.05) is 5.56 Å². The average Bonchev–Trinajstić information content (AvgIpc) is 3.09. The molecule has 0 aliphatic carbocycles. The van der Waals surface area contributed by atoms with Crippen LogP contribution in [0.15, 0.2) is 53.1 Å². The molecule has 0 aliphatic heterocycles. The van der Waals surface area contributed by atoms with E-state index in [2.05, 4.69) is 15.5 Å². The van der Waals surface area contributed by atoms with Gasteiger partial charge in [0.05, 0.1) is 18.2 Å². The number of rotatable bonds is 6. The van der Waals surface area contributed by atoms with Gasteiger partial charge >= 0.3 is 0 Å². The summed E-state index contributed by atoms with van der Waals surface area (Å²) in [6.07, 6.45) is -0.0167. The number of aromatic nitrogens is 2. The highest BCUT2D eigenvalue weighted by Gasteiger charge is 2.15. The summed E-state index contributed by atoms with van der Waals surface area (Å²) in [7, 11) is 0. The van der Waals surface area contributed by atoms with E-state index in [0.29, 0.717) is 23.0 Å². The van der Waals surface area contributed by atoms with Gasteiger partial charge in [-0.1, -0.05) is 47.1 Å². The van der Waals surface area contributed by atoms with Gasteiger partial charge in [-0.3, -0.25) is 4.79 Å². The highest BCUT2D eigenvalue weighted by Crippen LogP contribution is 2.20. The van der Waals surface area contributed by atoms with Crippen molar-refractivity contribution in [3.8, 4) is 17.1 Å². The van der Waals surface area contributed by atoms with Crippen LogP contribution in [0.25, 0.3) is 11.4 Å². The number of para-hydroxylation sites is 1. The fourth-order valence-electron chi connectivity index (χ4n) is 2.41. The van der Waals surface area contributed by atoms with Crippen LogP contribution in [0.3, 0.4) is 0 Å². The molecule has 1 amide bonds. The molecular weight excluding hydrogens is 330 g/mol. The molecule has 0 saturated heterocycles. The topological polar surface area (TPSA) is 77.2 Å². The number of benzene rings is 2. The lowest BCUT2D eigenvalue weighted by molar-refractivity contribution is 0.0940. The first-order valence-electron chi connectivity index (χ1n) is 8.46. The van der Waals surface area contributed by atoms with Crippen molar-refractivity contribution in [2.45, 2.75) is 33.4 Å². The summed E-state index contributed by atoms with van der Waals surface area (Å²) >= 11 is 0. The Bertz CT molecular complexity index is 885. The van der Waals surface area contributed by atoms with Crippen LogP contribution in [0.2, 0.25) is 0 Å². The zero-order valence-corrected chi connectivity index (χ0v) is 15.0. The summed E-state index contributed by atoms with van der Waals surface area (Å²) in [5.41, 5.74) is 2.50. The number of nitrogens with one attached hydrogen (secondary N) is 1. The molecule has 1 heterocycles. The lowest BCUT2D eigenvalue weighted by Gasteiger charge is -2.13. The van der Waals surface area contributed by atoms with Crippen molar-refractivity contribution in [2.24, 2.45) is 0 Å². The van der Waals surface area contributed by atoms with Gasteiger partial charge in [0.1, 0.15) is 5.75 Å². The lowest BCUT2D eigenvalue weighted by Crippen LogP contribution is -2.24. The maximum Gasteiger partial charge on any atom is 0.255 e. The molecule has 3 aromatic rings. The molecule has 0 bridgehead atoms. The van der Waals surface area contributed by atoms with Crippen LogP contribution in [-0.2, 0) is 6.54 Å². The van der Waals surface area contributed by atoms with Gasteiger partial charge in [0.2, 0.25) is 11.7 Å². The number of nitrogens with zero attached hydrogens (tertiary/aromatic N) is 2. The van der Waals surface area contributed by atoms with Crippen molar-refractivity contribution in [3.05, 3.63) is 65.5 Å². The van der Waals surface area contributed by atoms with Gasteiger partial charge in [-0.05, 0) is 32.9 Å². The van der Waals surface area contributed by atoms with Crippen molar-refractivity contribution in [1.29, 1.82) is 0 Å². The van der Waals surface area contributed by atoms with E-state index in [-0.39, 0.29) is 18.6 Å². The van der Waals surface area contributed by atoms with E-state index in [1.165, 1.54) is 0 Å². The molecule has 2 aromatic carbocycles. The third kappa shape index (κ3) is 4.27. The van der Waals surface area contributed by atoms with Crippen LogP contribution in [0.5, 0.6) is 5.75 Å². The second-order valence-electron chi connectivity index (χ2n) is 6.22.